The van der Waals surface area contributed by atoms with Crippen LogP contribution in [0.3, 0.4) is 0 Å². The summed E-state index contributed by atoms with van der Waals surface area (Å²) in [4.78, 5) is 13.7. The van der Waals surface area contributed by atoms with Gasteiger partial charge in [-0.1, -0.05) is 30.7 Å². The third-order valence-corrected chi connectivity index (χ3v) is 4.52. The first-order valence-electron chi connectivity index (χ1n) is 8.53. The van der Waals surface area contributed by atoms with Crippen molar-refractivity contribution in [1.82, 2.24) is 15.5 Å². The van der Waals surface area contributed by atoms with Crippen molar-refractivity contribution < 1.29 is 22.7 Å². The van der Waals surface area contributed by atoms with E-state index in [1.54, 1.807) is 31.2 Å². The minimum atomic E-state index is -4.42. The van der Waals surface area contributed by atoms with E-state index in [2.05, 4.69) is 10.6 Å². The molecule has 5 nitrogen and oxygen atoms in total. The molecule has 154 valence electrons. The molecule has 1 aromatic carbocycles. The van der Waals surface area contributed by atoms with E-state index in [9.17, 15) is 18.0 Å². The Morgan fingerprint density at radius 2 is 1.96 bits per heavy atom. The molecule has 0 aliphatic carbocycles. The number of ether oxygens (including phenoxy) is 1. The van der Waals surface area contributed by atoms with Crippen LogP contribution < -0.4 is 15.4 Å². The van der Waals surface area contributed by atoms with Crippen LogP contribution >= 0.6 is 24.0 Å². The molecule has 1 amide bonds. The first-order chi connectivity index (χ1) is 12.3. The Balaban J connectivity index is 0.00000364. The van der Waals surface area contributed by atoms with Crippen LogP contribution in [0.5, 0.6) is 5.75 Å². The van der Waals surface area contributed by atoms with E-state index in [1.165, 1.54) is 4.90 Å². The van der Waals surface area contributed by atoms with Crippen molar-refractivity contribution in [3.8, 4) is 5.75 Å². The Kier molecular flexibility index (Phi) is 9.66. The number of piperazine rings is 1. The van der Waals surface area contributed by atoms with Crippen LogP contribution in [0.25, 0.3) is 0 Å². The first kappa shape index (κ1) is 23.8. The smallest absolute Gasteiger partial charge is 0.405 e. The highest BCUT2D eigenvalue weighted by atomic mass is 35.5. The van der Waals surface area contributed by atoms with Crippen molar-refractivity contribution in [1.29, 1.82) is 0 Å². The fraction of sp³-hybridized carbons (Fsp3) is 0.588. The van der Waals surface area contributed by atoms with Gasteiger partial charge < -0.3 is 15.4 Å². The van der Waals surface area contributed by atoms with Gasteiger partial charge in [-0.3, -0.25) is 9.69 Å². The summed E-state index contributed by atoms with van der Waals surface area (Å²) < 4.78 is 45.7. The van der Waals surface area contributed by atoms with Gasteiger partial charge in [-0.15, -0.1) is 12.4 Å². The molecule has 0 saturated carbocycles. The number of nitrogens with zero attached hydrogens (tertiary/aromatic N) is 1. The fourth-order valence-electron chi connectivity index (χ4n) is 2.77. The lowest BCUT2D eigenvalue weighted by atomic mass is 10.2. The summed E-state index contributed by atoms with van der Waals surface area (Å²) in [5.41, 5.74) is 0. The molecular formula is C17H24Cl2F3N3O2. The number of alkyl halides is 3. The summed E-state index contributed by atoms with van der Waals surface area (Å²) in [6, 6.07) is 4.93. The van der Waals surface area contributed by atoms with E-state index in [4.69, 9.17) is 16.3 Å². The Bertz CT molecular complexity index is 599. The van der Waals surface area contributed by atoms with Crippen LogP contribution in [0.2, 0.25) is 5.02 Å². The number of carbonyl (C=O) groups excluding carboxylic acids is 1. The number of amides is 1. The van der Waals surface area contributed by atoms with Crippen LogP contribution in [-0.2, 0) is 4.79 Å². The van der Waals surface area contributed by atoms with Crippen LogP contribution in [0.4, 0.5) is 13.2 Å². The normalized spacial score (nSPS) is 17.5. The van der Waals surface area contributed by atoms with Crippen LogP contribution in [0, 0.1) is 0 Å². The molecule has 27 heavy (non-hydrogen) atoms. The molecule has 1 heterocycles. The lowest BCUT2D eigenvalue weighted by Gasteiger charge is -2.36. The molecule has 1 aliphatic rings. The zero-order chi connectivity index (χ0) is 19.2. The van der Waals surface area contributed by atoms with Gasteiger partial charge in [0.2, 0.25) is 0 Å². The summed E-state index contributed by atoms with van der Waals surface area (Å²) in [5.74, 6) is -0.262. The molecule has 1 fully saturated rings. The molecule has 0 radical (unpaired) electrons. The number of benzene rings is 1. The third-order valence-electron chi connectivity index (χ3n) is 4.21. The fourth-order valence-corrected chi connectivity index (χ4v) is 2.95. The lowest BCUT2D eigenvalue weighted by molar-refractivity contribution is -0.184. The van der Waals surface area contributed by atoms with Gasteiger partial charge in [0.25, 0.3) is 5.91 Å². The second-order valence-electron chi connectivity index (χ2n) is 6.03. The number of carbonyl (C=O) groups is 1. The highest BCUT2D eigenvalue weighted by Gasteiger charge is 2.44. The van der Waals surface area contributed by atoms with Crippen molar-refractivity contribution >= 4 is 29.9 Å². The lowest BCUT2D eigenvalue weighted by Crippen LogP contribution is -2.58. The SMILES string of the molecule is CCC(Oc1ccccc1Cl)C(=O)NCC(N1CCNCC1)C(F)(F)F.Cl. The number of rotatable bonds is 7. The average Bonchev–Trinajstić information content (AvgIpc) is 2.61. The van der Waals surface area contributed by atoms with E-state index in [1.807, 2.05) is 0 Å². The molecule has 0 aromatic heterocycles. The van der Waals surface area contributed by atoms with Gasteiger partial charge in [0, 0.05) is 32.7 Å². The maximum atomic E-state index is 13.4. The minimum Gasteiger partial charge on any atom is -0.479 e. The maximum Gasteiger partial charge on any atom is 0.405 e. The topological polar surface area (TPSA) is 53.6 Å². The highest BCUT2D eigenvalue weighted by Crippen LogP contribution is 2.26. The largest absolute Gasteiger partial charge is 0.479 e. The number of halogens is 5. The number of hydrogen-bond donors (Lipinski definition) is 2. The van der Waals surface area contributed by atoms with Gasteiger partial charge in [0.05, 0.1) is 5.02 Å². The minimum absolute atomic E-state index is 0. The van der Waals surface area contributed by atoms with Crippen molar-refractivity contribution in [2.45, 2.75) is 31.7 Å². The Morgan fingerprint density at radius 3 is 2.52 bits per heavy atom. The second-order valence-corrected chi connectivity index (χ2v) is 6.44. The van der Waals surface area contributed by atoms with Crippen molar-refractivity contribution in [3.63, 3.8) is 0 Å². The summed E-state index contributed by atoms with van der Waals surface area (Å²) in [6.45, 7) is 2.77. The summed E-state index contributed by atoms with van der Waals surface area (Å²) in [6.07, 6.45) is -5.02. The van der Waals surface area contributed by atoms with E-state index < -0.39 is 30.8 Å². The van der Waals surface area contributed by atoms with E-state index in [0.717, 1.165) is 0 Å². The van der Waals surface area contributed by atoms with Crippen molar-refractivity contribution in [2.75, 3.05) is 32.7 Å². The Morgan fingerprint density at radius 1 is 1.33 bits per heavy atom. The number of nitrogens with one attached hydrogen (secondary N) is 2. The molecule has 0 spiro atoms. The van der Waals surface area contributed by atoms with E-state index in [0.29, 0.717) is 30.3 Å². The third kappa shape index (κ3) is 7.03. The van der Waals surface area contributed by atoms with Crippen LogP contribution in [-0.4, -0.2) is 61.9 Å². The summed E-state index contributed by atoms with van der Waals surface area (Å²) in [5, 5.41) is 5.75. The zero-order valence-electron chi connectivity index (χ0n) is 14.9. The van der Waals surface area contributed by atoms with Gasteiger partial charge in [0.15, 0.2) is 6.10 Å². The summed E-state index contributed by atoms with van der Waals surface area (Å²) >= 11 is 6.00. The van der Waals surface area contributed by atoms with Crippen molar-refractivity contribution in [2.24, 2.45) is 0 Å². The molecule has 1 saturated heterocycles. The summed E-state index contributed by atoms with van der Waals surface area (Å²) in [7, 11) is 0. The monoisotopic (exact) mass is 429 g/mol. The van der Waals surface area contributed by atoms with Gasteiger partial charge in [-0.25, -0.2) is 0 Å². The average molecular weight is 430 g/mol. The van der Waals surface area contributed by atoms with E-state index >= 15 is 0 Å². The maximum absolute atomic E-state index is 13.4. The van der Waals surface area contributed by atoms with E-state index in [-0.39, 0.29) is 25.5 Å². The van der Waals surface area contributed by atoms with Crippen LogP contribution in [0.1, 0.15) is 13.3 Å². The molecule has 1 aromatic rings. The zero-order valence-corrected chi connectivity index (χ0v) is 16.5. The standard InChI is InChI=1S/C17H23ClF3N3O2.ClH/c1-2-13(26-14-6-4-3-5-12(14)18)16(25)23-11-15(17(19,20)21)24-9-7-22-8-10-24;/h3-6,13,15,22H,2,7-11H2,1H3,(H,23,25);1H. The van der Waals surface area contributed by atoms with Gasteiger partial charge in [0.1, 0.15) is 11.8 Å². The Hall–Kier alpha value is -1.22. The molecule has 1 aliphatic heterocycles. The molecule has 2 rings (SSSR count). The molecule has 2 unspecified atom stereocenters. The number of para-hydroxylation sites is 1. The quantitative estimate of drug-likeness (QED) is 0.699. The predicted octanol–water partition coefficient (Wildman–Crippen LogP) is 2.87. The molecule has 10 heteroatoms. The highest BCUT2D eigenvalue weighted by molar-refractivity contribution is 6.32. The molecule has 2 atom stereocenters. The van der Waals surface area contributed by atoms with Gasteiger partial charge in [-0.05, 0) is 18.6 Å². The van der Waals surface area contributed by atoms with Crippen molar-refractivity contribution in [3.05, 3.63) is 29.3 Å². The Labute approximate surface area is 168 Å². The predicted molar refractivity (Wildman–Crippen MR) is 101 cm³/mol. The molecule has 0 bridgehead atoms. The molecular weight excluding hydrogens is 406 g/mol. The first-order valence-corrected chi connectivity index (χ1v) is 8.91. The number of hydrogen-bond acceptors (Lipinski definition) is 4. The van der Waals surface area contributed by atoms with Crippen LogP contribution in [0.15, 0.2) is 24.3 Å². The van der Waals surface area contributed by atoms with Gasteiger partial charge >= 0.3 is 6.18 Å². The molecule has 2 N–H and O–H groups in total. The van der Waals surface area contributed by atoms with Gasteiger partial charge in [-0.2, -0.15) is 13.2 Å². The second kappa shape index (κ2) is 10.9.